The lowest BCUT2D eigenvalue weighted by Gasteiger charge is -1.99. The van der Waals surface area contributed by atoms with Crippen molar-refractivity contribution in [2.24, 2.45) is 5.92 Å². The third-order valence-corrected chi connectivity index (χ3v) is 1.26. The van der Waals surface area contributed by atoms with E-state index in [4.69, 9.17) is 5.11 Å². The van der Waals surface area contributed by atoms with Crippen LogP contribution in [0, 0.1) is 5.92 Å². The van der Waals surface area contributed by atoms with Crippen molar-refractivity contribution < 1.29 is 19.4 Å². The summed E-state index contributed by atoms with van der Waals surface area (Å²) in [4.78, 5) is 20.7. The molecule has 0 heterocycles. The minimum absolute atomic E-state index is 0.0213. The Morgan fingerprint density at radius 1 is 1.58 bits per heavy atom. The normalized spacial score (nSPS) is 12.8. The number of hydrogen-bond acceptors (Lipinski definition) is 3. The summed E-state index contributed by atoms with van der Waals surface area (Å²) in [7, 11) is 1.27. The van der Waals surface area contributed by atoms with Crippen LogP contribution >= 0.6 is 0 Å². The summed E-state index contributed by atoms with van der Waals surface area (Å²) < 4.78 is 4.33. The number of aliphatic carboxylic acids is 1. The van der Waals surface area contributed by atoms with E-state index >= 15 is 0 Å². The Balaban J connectivity index is 3.82. The molecule has 12 heavy (non-hydrogen) atoms. The fourth-order valence-corrected chi connectivity index (χ4v) is 0.654. The van der Waals surface area contributed by atoms with Crippen molar-refractivity contribution >= 4 is 11.9 Å². The van der Waals surface area contributed by atoms with Crippen LogP contribution in [-0.2, 0) is 14.3 Å². The van der Waals surface area contributed by atoms with Crippen molar-refractivity contribution in [1.29, 1.82) is 0 Å². The predicted octanol–water partition coefficient (Wildman–Crippen LogP) is 0.826. The molecule has 0 fully saturated rings. The summed E-state index contributed by atoms with van der Waals surface area (Å²) in [6.07, 6.45) is 2.76. The van der Waals surface area contributed by atoms with E-state index in [1.54, 1.807) is 6.92 Å². The van der Waals surface area contributed by atoms with Crippen LogP contribution in [0.4, 0.5) is 0 Å². The van der Waals surface area contributed by atoms with Gasteiger partial charge in [0.05, 0.1) is 13.5 Å². The van der Waals surface area contributed by atoms with Crippen molar-refractivity contribution in [2.45, 2.75) is 13.3 Å². The van der Waals surface area contributed by atoms with Gasteiger partial charge in [0.1, 0.15) is 0 Å². The second kappa shape index (κ2) is 5.35. The van der Waals surface area contributed by atoms with Gasteiger partial charge in [-0.1, -0.05) is 13.0 Å². The van der Waals surface area contributed by atoms with E-state index < -0.39 is 11.9 Å². The lowest BCUT2D eigenvalue weighted by atomic mass is 10.1. The van der Waals surface area contributed by atoms with Crippen LogP contribution in [0.1, 0.15) is 13.3 Å². The first kappa shape index (κ1) is 10.7. The summed E-state index contributed by atoms with van der Waals surface area (Å²) in [6.45, 7) is 1.72. The number of carboxylic acids is 1. The Labute approximate surface area is 70.8 Å². The van der Waals surface area contributed by atoms with E-state index in [1.807, 2.05) is 0 Å². The molecule has 0 aliphatic carbocycles. The third-order valence-electron chi connectivity index (χ3n) is 1.26. The van der Waals surface area contributed by atoms with E-state index in [0.29, 0.717) is 0 Å². The molecule has 4 nitrogen and oxygen atoms in total. The molecule has 1 atom stereocenters. The minimum atomic E-state index is -0.878. The molecule has 0 saturated heterocycles. The molecule has 0 spiro atoms. The molecular formula is C8H12O4. The summed E-state index contributed by atoms with van der Waals surface area (Å²) in [5.41, 5.74) is 0. The van der Waals surface area contributed by atoms with Gasteiger partial charge < -0.3 is 9.84 Å². The standard InChI is InChI=1S/C8H12O4/c1-6(5-7(9)10)3-4-8(11)12-2/h3-4,6H,5H2,1-2H3,(H,9,10)/t6-/m1/s1. The van der Waals surface area contributed by atoms with Gasteiger partial charge in [-0.2, -0.15) is 0 Å². The fourth-order valence-electron chi connectivity index (χ4n) is 0.654. The summed E-state index contributed by atoms with van der Waals surface area (Å²) in [5.74, 6) is -1.49. The molecule has 0 saturated carbocycles. The van der Waals surface area contributed by atoms with Crippen LogP contribution < -0.4 is 0 Å². The molecule has 0 aromatic heterocycles. The molecule has 0 aromatic rings. The van der Waals surface area contributed by atoms with E-state index in [-0.39, 0.29) is 12.3 Å². The van der Waals surface area contributed by atoms with Gasteiger partial charge in [-0.25, -0.2) is 4.79 Å². The number of carbonyl (C=O) groups excluding carboxylic acids is 1. The quantitative estimate of drug-likeness (QED) is 0.503. The van der Waals surface area contributed by atoms with Crippen LogP contribution in [-0.4, -0.2) is 24.2 Å². The van der Waals surface area contributed by atoms with Crippen LogP contribution in [0.2, 0.25) is 0 Å². The van der Waals surface area contributed by atoms with Gasteiger partial charge in [-0.3, -0.25) is 4.79 Å². The number of methoxy groups -OCH3 is 1. The fraction of sp³-hybridized carbons (Fsp3) is 0.500. The second-order valence-electron chi connectivity index (χ2n) is 2.46. The first-order valence-electron chi connectivity index (χ1n) is 3.54. The lowest BCUT2D eigenvalue weighted by molar-refractivity contribution is -0.138. The monoisotopic (exact) mass is 172 g/mol. The average molecular weight is 172 g/mol. The molecule has 4 heteroatoms. The zero-order valence-corrected chi connectivity index (χ0v) is 7.11. The van der Waals surface area contributed by atoms with Crippen LogP contribution in [0.15, 0.2) is 12.2 Å². The number of rotatable bonds is 4. The van der Waals surface area contributed by atoms with Crippen LogP contribution in [0.25, 0.3) is 0 Å². The topological polar surface area (TPSA) is 63.6 Å². The van der Waals surface area contributed by atoms with Gasteiger partial charge in [0.15, 0.2) is 0 Å². The van der Waals surface area contributed by atoms with Crippen molar-refractivity contribution in [3.05, 3.63) is 12.2 Å². The van der Waals surface area contributed by atoms with Crippen LogP contribution in [0.3, 0.4) is 0 Å². The van der Waals surface area contributed by atoms with E-state index in [0.717, 1.165) is 0 Å². The lowest BCUT2D eigenvalue weighted by Crippen LogP contribution is -2.02. The Bertz CT molecular complexity index is 195. The molecule has 68 valence electrons. The van der Waals surface area contributed by atoms with E-state index in [2.05, 4.69) is 4.74 Å². The zero-order chi connectivity index (χ0) is 9.56. The maximum Gasteiger partial charge on any atom is 0.330 e. The van der Waals surface area contributed by atoms with Crippen molar-refractivity contribution in [1.82, 2.24) is 0 Å². The average Bonchev–Trinajstić information content (AvgIpc) is 1.99. The van der Waals surface area contributed by atoms with Gasteiger partial charge in [0, 0.05) is 6.08 Å². The number of hydrogen-bond donors (Lipinski definition) is 1. The number of carbonyl (C=O) groups is 2. The SMILES string of the molecule is COC(=O)C=C[C@@H](C)CC(=O)O. The highest BCUT2D eigenvalue weighted by Gasteiger charge is 2.03. The van der Waals surface area contributed by atoms with Crippen molar-refractivity contribution in [3.8, 4) is 0 Å². The van der Waals surface area contributed by atoms with Gasteiger partial charge in [-0.05, 0) is 5.92 Å². The smallest absolute Gasteiger partial charge is 0.330 e. The molecular weight excluding hydrogens is 160 g/mol. The number of allylic oxidation sites excluding steroid dienone is 1. The molecule has 0 radical (unpaired) electrons. The first-order valence-corrected chi connectivity index (χ1v) is 3.54. The highest BCUT2D eigenvalue weighted by Crippen LogP contribution is 2.02. The van der Waals surface area contributed by atoms with Crippen molar-refractivity contribution in [2.75, 3.05) is 7.11 Å². The highest BCUT2D eigenvalue weighted by atomic mass is 16.5. The van der Waals surface area contributed by atoms with E-state index in [1.165, 1.54) is 19.3 Å². The predicted molar refractivity (Wildman–Crippen MR) is 42.6 cm³/mol. The first-order chi connectivity index (χ1) is 5.56. The largest absolute Gasteiger partial charge is 0.481 e. The second-order valence-corrected chi connectivity index (χ2v) is 2.46. The highest BCUT2D eigenvalue weighted by molar-refractivity contribution is 5.81. The van der Waals surface area contributed by atoms with Crippen LogP contribution in [0.5, 0.6) is 0 Å². The molecule has 0 amide bonds. The maximum atomic E-state index is 10.5. The summed E-state index contributed by atoms with van der Waals surface area (Å²) in [6, 6.07) is 0. The Morgan fingerprint density at radius 3 is 2.58 bits per heavy atom. The Hall–Kier alpha value is -1.32. The summed E-state index contributed by atoms with van der Waals surface area (Å²) >= 11 is 0. The minimum Gasteiger partial charge on any atom is -0.481 e. The van der Waals surface area contributed by atoms with Gasteiger partial charge in [0.25, 0.3) is 0 Å². The molecule has 0 aromatic carbocycles. The number of carboxylic acid groups (broad SMARTS) is 1. The van der Waals surface area contributed by atoms with Gasteiger partial charge in [-0.15, -0.1) is 0 Å². The number of esters is 1. The molecule has 0 bridgehead atoms. The Morgan fingerprint density at radius 2 is 2.17 bits per heavy atom. The van der Waals surface area contributed by atoms with E-state index in [9.17, 15) is 9.59 Å². The molecule has 0 rings (SSSR count). The molecule has 0 aliphatic rings. The third kappa shape index (κ3) is 5.46. The summed E-state index contributed by atoms with van der Waals surface area (Å²) in [5, 5.41) is 8.36. The Kier molecular flexibility index (Phi) is 4.76. The molecule has 1 N–H and O–H groups in total. The van der Waals surface area contributed by atoms with Crippen molar-refractivity contribution in [3.63, 3.8) is 0 Å². The molecule has 0 aliphatic heterocycles. The maximum absolute atomic E-state index is 10.5. The molecule has 0 unspecified atom stereocenters. The number of ether oxygens (including phenoxy) is 1. The van der Waals surface area contributed by atoms with Gasteiger partial charge in [0.2, 0.25) is 0 Å². The van der Waals surface area contributed by atoms with Gasteiger partial charge >= 0.3 is 11.9 Å². The zero-order valence-electron chi connectivity index (χ0n) is 7.11.